The third-order valence-electron chi connectivity index (χ3n) is 7.32. The second-order valence-corrected chi connectivity index (χ2v) is 9.63. The van der Waals surface area contributed by atoms with Crippen LogP contribution < -0.4 is 15.4 Å². The molecule has 2 heterocycles. The van der Waals surface area contributed by atoms with Crippen molar-refractivity contribution in [1.29, 1.82) is 0 Å². The molecule has 2 fully saturated rings. The first-order chi connectivity index (χ1) is 16.6. The number of ether oxygens (including phenoxy) is 1. The molecule has 2 aromatic carbocycles. The van der Waals surface area contributed by atoms with E-state index in [0.29, 0.717) is 31.6 Å². The first-order valence-corrected chi connectivity index (χ1v) is 12.4. The molecular weight excluding hydrogens is 428 g/mol. The van der Waals surface area contributed by atoms with Gasteiger partial charge in [-0.15, -0.1) is 0 Å². The monoisotopic (exact) mass is 462 g/mol. The normalized spacial score (nSPS) is 21.0. The Kier molecular flexibility index (Phi) is 6.72. The number of rotatable bonds is 6. The van der Waals surface area contributed by atoms with Crippen LogP contribution in [-0.2, 0) is 11.2 Å². The molecule has 0 bridgehead atoms. The number of urea groups is 1. The topological polar surface area (TPSA) is 73.9 Å². The molecule has 5 rings (SSSR count). The molecule has 3 aliphatic rings. The lowest BCUT2D eigenvalue weighted by Crippen LogP contribution is -2.51. The van der Waals surface area contributed by atoms with E-state index in [-0.39, 0.29) is 18.0 Å². The Morgan fingerprint density at radius 2 is 1.79 bits per heavy atom. The Balaban J connectivity index is 1.22. The highest BCUT2D eigenvalue weighted by Gasteiger charge is 2.36. The second kappa shape index (κ2) is 10.1. The number of likely N-dealkylation sites (tertiary alicyclic amines) is 1. The summed E-state index contributed by atoms with van der Waals surface area (Å²) < 4.78 is 5.25. The van der Waals surface area contributed by atoms with Crippen molar-refractivity contribution in [3.05, 3.63) is 59.7 Å². The average Bonchev–Trinajstić information content (AvgIpc) is 3.68. The summed E-state index contributed by atoms with van der Waals surface area (Å²) in [6, 6.07) is 16.8. The molecule has 2 aromatic rings. The number of carbonyl (C=O) groups excluding carboxylic acids is 2. The Hall–Kier alpha value is -3.06. The van der Waals surface area contributed by atoms with Gasteiger partial charge in [-0.2, -0.15) is 0 Å². The van der Waals surface area contributed by atoms with Gasteiger partial charge < -0.3 is 20.3 Å². The van der Waals surface area contributed by atoms with Gasteiger partial charge in [0.25, 0.3) is 0 Å². The molecule has 1 saturated carbocycles. The number of hydrogen-bond acceptors (Lipinski definition) is 4. The lowest BCUT2D eigenvalue weighted by Gasteiger charge is -2.45. The van der Waals surface area contributed by atoms with Crippen LogP contribution in [0.25, 0.3) is 0 Å². The van der Waals surface area contributed by atoms with Crippen LogP contribution in [0.4, 0.5) is 10.5 Å². The summed E-state index contributed by atoms with van der Waals surface area (Å²) in [7, 11) is 1.62. The van der Waals surface area contributed by atoms with Gasteiger partial charge in [0, 0.05) is 55.9 Å². The first-order valence-electron chi connectivity index (χ1n) is 12.4. The SMILES string of the molecule is COc1cccc(NC(=O)N2CCC(N3CCc4ccccc4C3CC(=O)NC3CC3)CC2)c1. The number of carbonyl (C=O) groups is 2. The van der Waals surface area contributed by atoms with Crippen molar-refractivity contribution in [2.75, 3.05) is 32.1 Å². The van der Waals surface area contributed by atoms with Crippen molar-refractivity contribution >= 4 is 17.6 Å². The molecule has 0 aromatic heterocycles. The Bertz CT molecular complexity index is 1030. The fraction of sp³-hybridized carbons (Fsp3) is 0.481. The number of anilines is 1. The van der Waals surface area contributed by atoms with E-state index < -0.39 is 0 Å². The average molecular weight is 463 g/mol. The van der Waals surface area contributed by atoms with Crippen LogP contribution in [0, 0.1) is 0 Å². The standard InChI is InChI=1S/C27H34N4O3/c1-34-23-7-4-6-21(17-23)29-27(33)30-14-12-22(13-15-30)31-16-11-19-5-2-3-8-24(19)25(31)18-26(32)28-20-9-10-20/h2-8,17,20,22,25H,9-16,18H2,1H3,(H,28,32)(H,29,33). The highest BCUT2D eigenvalue weighted by Crippen LogP contribution is 2.36. The van der Waals surface area contributed by atoms with Gasteiger partial charge in [0.1, 0.15) is 5.75 Å². The molecule has 7 heteroatoms. The fourth-order valence-corrected chi connectivity index (χ4v) is 5.33. The van der Waals surface area contributed by atoms with Gasteiger partial charge in [-0.1, -0.05) is 30.3 Å². The third kappa shape index (κ3) is 5.20. The number of nitrogens with one attached hydrogen (secondary N) is 2. The number of fused-ring (bicyclic) bond motifs is 1. The van der Waals surface area contributed by atoms with Crippen LogP contribution >= 0.6 is 0 Å². The fourth-order valence-electron chi connectivity index (χ4n) is 5.33. The van der Waals surface area contributed by atoms with Crippen LogP contribution in [0.2, 0.25) is 0 Å². The molecule has 0 spiro atoms. The van der Waals surface area contributed by atoms with Crippen molar-refractivity contribution in [3.63, 3.8) is 0 Å². The maximum atomic E-state index is 12.8. The van der Waals surface area contributed by atoms with Gasteiger partial charge in [0.15, 0.2) is 0 Å². The Labute approximate surface area is 201 Å². The van der Waals surface area contributed by atoms with Gasteiger partial charge in [-0.3, -0.25) is 9.69 Å². The van der Waals surface area contributed by atoms with E-state index in [9.17, 15) is 9.59 Å². The highest BCUT2D eigenvalue weighted by molar-refractivity contribution is 5.89. The van der Waals surface area contributed by atoms with Crippen LogP contribution in [0.5, 0.6) is 5.75 Å². The number of nitrogens with zero attached hydrogens (tertiary/aromatic N) is 2. The molecule has 3 amide bonds. The molecule has 34 heavy (non-hydrogen) atoms. The minimum atomic E-state index is -0.0731. The molecule has 2 aliphatic heterocycles. The summed E-state index contributed by atoms with van der Waals surface area (Å²) in [5.41, 5.74) is 3.39. The highest BCUT2D eigenvalue weighted by atomic mass is 16.5. The van der Waals surface area contributed by atoms with Crippen molar-refractivity contribution in [3.8, 4) is 5.75 Å². The van der Waals surface area contributed by atoms with E-state index in [1.807, 2.05) is 29.2 Å². The maximum Gasteiger partial charge on any atom is 0.321 e. The zero-order valence-corrected chi connectivity index (χ0v) is 19.8. The molecule has 2 N–H and O–H groups in total. The third-order valence-corrected chi connectivity index (χ3v) is 7.32. The first kappa shape index (κ1) is 22.7. The van der Waals surface area contributed by atoms with E-state index in [1.165, 1.54) is 11.1 Å². The number of piperidine rings is 1. The number of benzene rings is 2. The molecule has 180 valence electrons. The predicted octanol–water partition coefficient (Wildman–Crippen LogP) is 3.96. The molecule has 0 radical (unpaired) electrons. The molecule has 1 saturated heterocycles. The zero-order valence-electron chi connectivity index (χ0n) is 19.8. The smallest absolute Gasteiger partial charge is 0.321 e. The quantitative estimate of drug-likeness (QED) is 0.682. The van der Waals surface area contributed by atoms with E-state index in [0.717, 1.165) is 50.1 Å². The van der Waals surface area contributed by atoms with Crippen LogP contribution in [-0.4, -0.2) is 60.6 Å². The van der Waals surface area contributed by atoms with E-state index in [4.69, 9.17) is 4.74 Å². The Morgan fingerprint density at radius 1 is 1.00 bits per heavy atom. The zero-order chi connectivity index (χ0) is 23.5. The Morgan fingerprint density at radius 3 is 2.56 bits per heavy atom. The second-order valence-electron chi connectivity index (χ2n) is 9.63. The largest absolute Gasteiger partial charge is 0.497 e. The van der Waals surface area contributed by atoms with Crippen LogP contribution in [0.3, 0.4) is 0 Å². The lowest BCUT2D eigenvalue weighted by molar-refractivity contribution is -0.123. The minimum Gasteiger partial charge on any atom is -0.497 e. The van der Waals surface area contributed by atoms with Gasteiger partial charge in [-0.05, 0) is 55.4 Å². The van der Waals surface area contributed by atoms with Crippen molar-refractivity contribution < 1.29 is 14.3 Å². The van der Waals surface area contributed by atoms with Gasteiger partial charge >= 0.3 is 6.03 Å². The number of amides is 3. The molecule has 7 nitrogen and oxygen atoms in total. The van der Waals surface area contributed by atoms with Gasteiger partial charge in [0.05, 0.1) is 7.11 Å². The number of methoxy groups -OCH3 is 1. The maximum absolute atomic E-state index is 12.8. The van der Waals surface area contributed by atoms with E-state index in [1.54, 1.807) is 7.11 Å². The molecule has 1 atom stereocenters. The molecule has 1 aliphatic carbocycles. The van der Waals surface area contributed by atoms with Gasteiger partial charge in [0.2, 0.25) is 5.91 Å². The molecular formula is C27H34N4O3. The summed E-state index contributed by atoms with van der Waals surface area (Å²) in [6.07, 6.45) is 5.54. The van der Waals surface area contributed by atoms with Crippen molar-refractivity contribution in [1.82, 2.24) is 15.1 Å². The summed E-state index contributed by atoms with van der Waals surface area (Å²) >= 11 is 0. The van der Waals surface area contributed by atoms with E-state index in [2.05, 4.69) is 39.8 Å². The van der Waals surface area contributed by atoms with Gasteiger partial charge in [-0.25, -0.2) is 4.79 Å². The summed E-state index contributed by atoms with van der Waals surface area (Å²) in [5.74, 6) is 0.878. The minimum absolute atomic E-state index is 0.0731. The number of hydrogen-bond donors (Lipinski definition) is 2. The van der Waals surface area contributed by atoms with Crippen molar-refractivity contribution in [2.45, 2.75) is 56.7 Å². The van der Waals surface area contributed by atoms with E-state index >= 15 is 0 Å². The summed E-state index contributed by atoms with van der Waals surface area (Å²) in [6.45, 7) is 2.37. The van der Waals surface area contributed by atoms with Crippen molar-refractivity contribution in [2.24, 2.45) is 0 Å². The lowest BCUT2D eigenvalue weighted by atomic mass is 9.87. The summed E-state index contributed by atoms with van der Waals surface area (Å²) in [4.78, 5) is 30.0. The van der Waals surface area contributed by atoms with Crippen LogP contribution in [0.15, 0.2) is 48.5 Å². The predicted molar refractivity (Wildman–Crippen MR) is 132 cm³/mol. The summed E-state index contributed by atoms with van der Waals surface area (Å²) in [5, 5.41) is 6.17. The molecule has 1 unspecified atom stereocenters. The van der Waals surface area contributed by atoms with Crippen LogP contribution in [0.1, 0.15) is 49.3 Å².